The number of aromatic nitrogens is 2. The predicted molar refractivity (Wildman–Crippen MR) is 86.4 cm³/mol. The number of nitrogens with zero attached hydrogens (tertiary/aromatic N) is 4. The summed E-state index contributed by atoms with van der Waals surface area (Å²) in [6.45, 7) is 4.90. The van der Waals surface area contributed by atoms with Crippen LogP contribution < -0.4 is 10.3 Å². The number of aryl methyl sites for hydroxylation is 1. The normalized spacial score (nSPS) is 15.2. The Bertz CT molecular complexity index is 820. The number of amides is 1. The first-order valence-corrected chi connectivity index (χ1v) is 8.08. The lowest BCUT2D eigenvalue weighted by Crippen LogP contribution is -2.45. The number of hydrogen-bond acceptors (Lipinski definition) is 6. The van der Waals surface area contributed by atoms with Crippen molar-refractivity contribution in [1.29, 1.82) is 0 Å². The van der Waals surface area contributed by atoms with Gasteiger partial charge in [0, 0.05) is 38.9 Å². The van der Waals surface area contributed by atoms with Crippen LogP contribution in [0.3, 0.4) is 0 Å². The van der Waals surface area contributed by atoms with Gasteiger partial charge in [-0.3, -0.25) is 9.59 Å². The molecule has 1 aliphatic heterocycles. The van der Waals surface area contributed by atoms with Gasteiger partial charge >= 0.3 is 5.97 Å². The van der Waals surface area contributed by atoms with E-state index in [0.717, 1.165) is 6.41 Å². The number of thiazole rings is 1. The number of piperazine rings is 1. The minimum atomic E-state index is -1.23. The minimum absolute atomic E-state index is 0.236. The first-order chi connectivity index (χ1) is 11.0. The summed E-state index contributed by atoms with van der Waals surface area (Å²) in [5.41, 5.74) is -0.215. The first-order valence-electron chi connectivity index (χ1n) is 7.26. The van der Waals surface area contributed by atoms with E-state index in [2.05, 4.69) is 4.98 Å². The molecular formula is C14H16N4O4S. The summed E-state index contributed by atoms with van der Waals surface area (Å²) in [6, 6.07) is 0. The molecule has 23 heavy (non-hydrogen) atoms. The molecule has 8 nitrogen and oxygen atoms in total. The Morgan fingerprint density at radius 3 is 2.65 bits per heavy atom. The monoisotopic (exact) mass is 336 g/mol. The van der Waals surface area contributed by atoms with Crippen molar-refractivity contribution in [1.82, 2.24) is 14.5 Å². The molecule has 0 unspecified atom stereocenters. The van der Waals surface area contributed by atoms with Gasteiger partial charge in [0.25, 0.3) is 0 Å². The zero-order valence-corrected chi connectivity index (χ0v) is 13.4. The van der Waals surface area contributed by atoms with Crippen molar-refractivity contribution in [3.8, 4) is 0 Å². The molecule has 2 aromatic heterocycles. The van der Waals surface area contributed by atoms with Gasteiger partial charge in [0.2, 0.25) is 11.8 Å². The Labute approximate surface area is 135 Å². The number of aromatic carboxylic acids is 1. The molecule has 1 N–H and O–H groups in total. The predicted octanol–water partition coefficient (Wildman–Crippen LogP) is 0.455. The highest BCUT2D eigenvalue weighted by atomic mass is 32.1. The van der Waals surface area contributed by atoms with Gasteiger partial charge in [-0.25, -0.2) is 9.78 Å². The highest BCUT2D eigenvalue weighted by Crippen LogP contribution is 2.27. The number of carbonyl (C=O) groups is 2. The van der Waals surface area contributed by atoms with Crippen molar-refractivity contribution < 1.29 is 14.7 Å². The van der Waals surface area contributed by atoms with E-state index in [9.17, 15) is 19.5 Å². The third-order valence-electron chi connectivity index (χ3n) is 3.91. The average Bonchev–Trinajstić information content (AvgIpc) is 3.01. The smallest absolute Gasteiger partial charge is 0.341 e. The summed E-state index contributed by atoms with van der Waals surface area (Å²) in [5, 5.41) is 9.87. The molecule has 0 aliphatic carbocycles. The molecule has 0 radical (unpaired) electrons. The van der Waals surface area contributed by atoms with Crippen LogP contribution in [0, 0.1) is 0 Å². The number of carboxylic acids is 1. The van der Waals surface area contributed by atoms with Crippen molar-refractivity contribution in [3.05, 3.63) is 22.0 Å². The first kappa shape index (κ1) is 15.5. The second kappa shape index (κ2) is 5.99. The molecule has 3 heterocycles. The van der Waals surface area contributed by atoms with Gasteiger partial charge in [0.05, 0.1) is 0 Å². The van der Waals surface area contributed by atoms with Gasteiger partial charge in [-0.05, 0) is 6.92 Å². The van der Waals surface area contributed by atoms with Gasteiger partial charge in [0.1, 0.15) is 10.3 Å². The van der Waals surface area contributed by atoms with E-state index in [4.69, 9.17) is 0 Å². The van der Waals surface area contributed by atoms with E-state index in [1.165, 1.54) is 17.5 Å². The molecule has 1 amide bonds. The zero-order chi connectivity index (χ0) is 16.6. The summed E-state index contributed by atoms with van der Waals surface area (Å²) in [6.07, 6.45) is 2.18. The Morgan fingerprint density at radius 2 is 2.09 bits per heavy atom. The lowest BCUT2D eigenvalue weighted by molar-refractivity contribution is -0.118. The van der Waals surface area contributed by atoms with E-state index in [-0.39, 0.29) is 5.56 Å². The molecular weight excluding hydrogens is 320 g/mol. The average molecular weight is 336 g/mol. The van der Waals surface area contributed by atoms with E-state index in [0.29, 0.717) is 48.2 Å². The van der Waals surface area contributed by atoms with Crippen LogP contribution in [0.2, 0.25) is 0 Å². The number of carbonyl (C=O) groups excluding carboxylic acids is 1. The maximum atomic E-state index is 12.3. The third kappa shape index (κ3) is 2.67. The molecule has 3 rings (SSSR count). The summed E-state index contributed by atoms with van der Waals surface area (Å²) in [5.74, 6) is -1.23. The van der Waals surface area contributed by atoms with Gasteiger partial charge < -0.3 is 19.5 Å². The van der Waals surface area contributed by atoms with Crippen LogP contribution in [0.25, 0.3) is 10.3 Å². The standard InChI is InChI=1S/C14H16N4O4S/c1-2-17-7-9(13(21)22)10(20)11-12(17)15-14(23-11)18-5-3-16(8-19)4-6-18/h7-8H,2-6H2,1H3,(H,21,22). The summed E-state index contributed by atoms with van der Waals surface area (Å²) >= 11 is 1.21. The SMILES string of the molecule is CCn1cc(C(=O)O)c(=O)c2sc(N3CCN(C=O)CC3)nc21. The second-order valence-electron chi connectivity index (χ2n) is 5.24. The summed E-state index contributed by atoms with van der Waals surface area (Å²) < 4.78 is 2.04. The Kier molecular flexibility index (Phi) is 4.03. The topological polar surface area (TPSA) is 95.7 Å². The van der Waals surface area contributed by atoms with Gasteiger partial charge in [0.15, 0.2) is 10.8 Å². The quantitative estimate of drug-likeness (QED) is 0.815. The fourth-order valence-corrected chi connectivity index (χ4v) is 3.67. The molecule has 0 aromatic carbocycles. The van der Waals surface area contributed by atoms with Gasteiger partial charge in [-0.1, -0.05) is 11.3 Å². The Hall–Kier alpha value is -2.42. The lowest BCUT2D eigenvalue weighted by Gasteiger charge is -2.32. The number of anilines is 1. The van der Waals surface area contributed by atoms with Crippen molar-refractivity contribution in [2.24, 2.45) is 0 Å². The molecule has 0 bridgehead atoms. The molecule has 0 saturated carbocycles. The van der Waals surface area contributed by atoms with E-state index < -0.39 is 11.4 Å². The molecule has 0 atom stereocenters. The highest BCUT2D eigenvalue weighted by molar-refractivity contribution is 7.22. The number of fused-ring (bicyclic) bond motifs is 1. The van der Waals surface area contributed by atoms with Crippen LogP contribution in [-0.2, 0) is 11.3 Å². The van der Waals surface area contributed by atoms with Gasteiger partial charge in [-0.15, -0.1) is 0 Å². The molecule has 1 aliphatic rings. The van der Waals surface area contributed by atoms with Crippen LogP contribution in [0.15, 0.2) is 11.0 Å². The summed E-state index contributed by atoms with van der Waals surface area (Å²) in [7, 11) is 0. The molecule has 1 fully saturated rings. The van der Waals surface area contributed by atoms with Crippen molar-refractivity contribution in [2.75, 3.05) is 31.1 Å². The fraction of sp³-hybridized carbons (Fsp3) is 0.429. The van der Waals surface area contributed by atoms with Crippen LogP contribution in [-0.4, -0.2) is 58.1 Å². The van der Waals surface area contributed by atoms with Crippen molar-refractivity contribution in [2.45, 2.75) is 13.5 Å². The number of hydrogen-bond donors (Lipinski definition) is 1. The molecule has 1 saturated heterocycles. The van der Waals surface area contributed by atoms with E-state index in [1.54, 1.807) is 9.47 Å². The van der Waals surface area contributed by atoms with Crippen LogP contribution in [0.1, 0.15) is 17.3 Å². The maximum absolute atomic E-state index is 12.3. The number of carboxylic acid groups (broad SMARTS) is 1. The molecule has 122 valence electrons. The largest absolute Gasteiger partial charge is 0.477 e. The fourth-order valence-electron chi connectivity index (χ4n) is 2.59. The Balaban J connectivity index is 2.05. The third-order valence-corrected chi connectivity index (χ3v) is 5.01. The van der Waals surface area contributed by atoms with Crippen molar-refractivity contribution >= 4 is 39.2 Å². The Morgan fingerprint density at radius 1 is 1.39 bits per heavy atom. The van der Waals surface area contributed by atoms with Crippen LogP contribution in [0.4, 0.5) is 5.13 Å². The number of rotatable bonds is 4. The van der Waals surface area contributed by atoms with Crippen LogP contribution in [0.5, 0.6) is 0 Å². The van der Waals surface area contributed by atoms with E-state index >= 15 is 0 Å². The summed E-state index contributed by atoms with van der Waals surface area (Å²) in [4.78, 5) is 42.6. The lowest BCUT2D eigenvalue weighted by atomic mass is 10.2. The number of pyridine rings is 1. The minimum Gasteiger partial charge on any atom is -0.477 e. The molecule has 0 spiro atoms. The maximum Gasteiger partial charge on any atom is 0.341 e. The van der Waals surface area contributed by atoms with Crippen LogP contribution >= 0.6 is 11.3 Å². The molecule has 2 aromatic rings. The highest BCUT2D eigenvalue weighted by Gasteiger charge is 2.22. The van der Waals surface area contributed by atoms with Crippen molar-refractivity contribution in [3.63, 3.8) is 0 Å². The van der Waals surface area contributed by atoms with Gasteiger partial charge in [-0.2, -0.15) is 0 Å². The van der Waals surface area contributed by atoms with E-state index in [1.807, 2.05) is 11.8 Å². The molecule has 9 heteroatoms. The second-order valence-corrected chi connectivity index (χ2v) is 6.22. The zero-order valence-electron chi connectivity index (χ0n) is 12.6.